The zero-order valence-electron chi connectivity index (χ0n) is 10.5. The van der Waals surface area contributed by atoms with Crippen molar-refractivity contribution in [1.29, 1.82) is 0 Å². The molecule has 0 unspecified atom stereocenters. The van der Waals surface area contributed by atoms with Gasteiger partial charge in [0.25, 0.3) is 0 Å². The van der Waals surface area contributed by atoms with Gasteiger partial charge in [0.1, 0.15) is 11.0 Å². The quantitative estimate of drug-likeness (QED) is 0.768. The molecule has 2 nitrogen and oxygen atoms in total. The maximum absolute atomic E-state index is 6.17. The van der Waals surface area contributed by atoms with Crippen LogP contribution in [0.15, 0.2) is 0 Å². The maximum Gasteiger partial charge on any atom is 0.140 e. The fourth-order valence-corrected chi connectivity index (χ4v) is 3.88. The van der Waals surface area contributed by atoms with E-state index >= 15 is 0 Å². The molecule has 1 aromatic heterocycles. The Labute approximate surface area is 113 Å². The minimum atomic E-state index is 0.641. The van der Waals surface area contributed by atoms with Crippen LogP contribution in [0.1, 0.15) is 49.7 Å². The van der Waals surface area contributed by atoms with Crippen LogP contribution < -0.4 is 0 Å². The van der Waals surface area contributed by atoms with Gasteiger partial charge in [-0.2, -0.15) is 11.8 Å². The smallest absolute Gasteiger partial charge is 0.140 e. The summed E-state index contributed by atoms with van der Waals surface area (Å²) in [6.45, 7) is 4.11. The molecule has 1 aliphatic rings. The molecule has 1 saturated carbocycles. The van der Waals surface area contributed by atoms with Gasteiger partial charge in [0.2, 0.25) is 0 Å². The van der Waals surface area contributed by atoms with Gasteiger partial charge in [-0.3, -0.25) is 0 Å². The van der Waals surface area contributed by atoms with Crippen molar-refractivity contribution < 1.29 is 0 Å². The van der Waals surface area contributed by atoms with Crippen molar-refractivity contribution >= 4 is 23.4 Å². The molecule has 94 valence electrons. The highest BCUT2D eigenvalue weighted by Gasteiger charge is 2.16. The van der Waals surface area contributed by atoms with Crippen LogP contribution in [-0.4, -0.2) is 15.2 Å². The number of hydrogen-bond donors (Lipinski definition) is 0. The lowest BCUT2D eigenvalue weighted by Gasteiger charge is -2.10. The van der Waals surface area contributed by atoms with Gasteiger partial charge < -0.3 is 0 Å². The van der Waals surface area contributed by atoms with E-state index < -0.39 is 0 Å². The Hall–Kier alpha value is -0.280. The lowest BCUT2D eigenvalue weighted by atomic mass is 10.2. The Morgan fingerprint density at radius 2 is 2.00 bits per heavy atom. The Morgan fingerprint density at radius 3 is 2.59 bits per heavy atom. The first-order chi connectivity index (χ1) is 8.20. The molecule has 0 aliphatic heterocycles. The highest BCUT2D eigenvalue weighted by atomic mass is 35.5. The van der Waals surface area contributed by atoms with E-state index in [0.29, 0.717) is 5.15 Å². The molecule has 0 N–H and O–H groups in total. The van der Waals surface area contributed by atoms with Crippen LogP contribution >= 0.6 is 23.4 Å². The van der Waals surface area contributed by atoms with E-state index in [4.69, 9.17) is 11.6 Å². The zero-order valence-corrected chi connectivity index (χ0v) is 12.1. The van der Waals surface area contributed by atoms with Gasteiger partial charge in [0.15, 0.2) is 0 Å². The number of aryl methyl sites for hydroxylation is 1. The largest absolute Gasteiger partial charge is 0.237 e. The van der Waals surface area contributed by atoms with Crippen molar-refractivity contribution in [2.75, 3.05) is 0 Å². The van der Waals surface area contributed by atoms with Gasteiger partial charge in [0, 0.05) is 16.5 Å². The van der Waals surface area contributed by atoms with Crippen LogP contribution in [0.2, 0.25) is 5.15 Å². The zero-order chi connectivity index (χ0) is 12.3. The summed E-state index contributed by atoms with van der Waals surface area (Å²) in [7, 11) is 0. The van der Waals surface area contributed by atoms with Crippen LogP contribution in [0, 0.1) is 6.92 Å². The van der Waals surface area contributed by atoms with E-state index in [1.807, 2.05) is 18.7 Å². The van der Waals surface area contributed by atoms with E-state index in [1.54, 1.807) is 0 Å². The molecule has 1 fully saturated rings. The Kier molecular flexibility index (Phi) is 4.69. The molecule has 0 spiro atoms. The Morgan fingerprint density at radius 1 is 1.29 bits per heavy atom. The van der Waals surface area contributed by atoms with Crippen molar-refractivity contribution in [2.24, 2.45) is 0 Å². The standard InChI is InChI=1S/C13H19ClN2S/c1-3-11-9(2)15-12(16-13(11)14)8-17-10-6-4-5-7-10/h10H,3-8H2,1-2H3. The van der Waals surface area contributed by atoms with E-state index in [2.05, 4.69) is 16.9 Å². The fraction of sp³-hybridized carbons (Fsp3) is 0.692. The summed E-state index contributed by atoms with van der Waals surface area (Å²) in [5.41, 5.74) is 2.12. The number of thioether (sulfide) groups is 1. The van der Waals surface area contributed by atoms with Crippen LogP contribution in [0.25, 0.3) is 0 Å². The van der Waals surface area contributed by atoms with Gasteiger partial charge in [0.05, 0.1) is 5.75 Å². The highest BCUT2D eigenvalue weighted by Crippen LogP contribution is 2.31. The second kappa shape index (κ2) is 6.05. The van der Waals surface area contributed by atoms with Crippen molar-refractivity contribution in [2.45, 2.75) is 57.0 Å². The predicted molar refractivity (Wildman–Crippen MR) is 74.7 cm³/mol. The average molecular weight is 271 g/mol. The number of nitrogens with zero attached hydrogens (tertiary/aromatic N) is 2. The molecule has 1 aliphatic carbocycles. The fourth-order valence-electron chi connectivity index (χ4n) is 2.33. The summed E-state index contributed by atoms with van der Waals surface area (Å²) in [4.78, 5) is 8.95. The monoisotopic (exact) mass is 270 g/mol. The summed E-state index contributed by atoms with van der Waals surface area (Å²) in [6.07, 6.45) is 6.37. The number of hydrogen-bond acceptors (Lipinski definition) is 3. The van der Waals surface area contributed by atoms with E-state index in [1.165, 1.54) is 25.7 Å². The number of halogens is 1. The first-order valence-corrected chi connectivity index (χ1v) is 7.77. The topological polar surface area (TPSA) is 25.8 Å². The highest BCUT2D eigenvalue weighted by molar-refractivity contribution is 7.99. The minimum Gasteiger partial charge on any atom is -0.237 e. The molecule has 0 bridgehead atoms. The molecule has 2 rings (SSSR count). The lowest BCUT2D eigenvalue weighted by Crippen LogP contribution is -2.03. The van der Waals surface area contributed by atoms with E-state index in [0.717, 1.165) is 34.5 Å². The van der Waals surface area contributed by atoms with Gasteiger partial charge >= 0.3 is 0 Å². The summed E-state index contributed by atoms with van der Waals surface area (Å²) >= 11 is 8.15. The molecular weight excluding hydrogens is 252 g/mol. The van der Waals surface area contributed by atoms with Crippen LogP contribution in [0.4, 0.5) is 0 Å². The molecule has 17 heavy (non-hydrogen) atoms. The van der Waals surface area contributed by atoms with E-state index in [9.17, 15) is 0 Å². The third kappa shape index (κ3) is 3.35. The maximum atomic E-state index is 6.17. The van der Waals surface area contributed by atoms with Gasteiger partial charge in [-0.15, -0.1) is 0 Å². The summed E-state index contributed by atoms with van der Waals surface area (Å²) in [5.74, 6) is 1.79. The third-order valence-corrected chi connectivity index (χ3v) is 4.99. The summed E-state index contributed by atoms with van der Waals surface area (Å²) in [6, 6.07) is 0. The minimum absolute atomic E-state index is 0.641. The van der Waals surface area contributed by atoms with Crippen molar-refractivity contribution in [3.63, 3.8) is 0 Å². The second-order valence-electron chi connectivity index (χ2n) is 4.57. The number of aromatic nitrogens is 2. The lowest BCUT2D eigenvalue weighted by molar-refractivity contribution is 0.886. The second-order valence-corrected chi connectivity index (χ2v) is 6.21. The normalized spacial score (nSPS) is 16.6. The van der Waals surface area contributed by atoms with Gasteiger partial charge in [-0.05, 0) is 26.2 Å². The molecular formula is C13H19ClN2S. The van der Waals surface area contributed by atoms with Crippen LogP contribution in [-0.2, 0) is 12.2 Å². The van der Waals surface area contributed by atoms with Crippen molar-refractivity contribution in [3.05, 3.63) is 22.2 Å². The number of rotatable bonds is 4. The van der Waals surface area contributed by atoms with Gasteiger partial charge in [-0.25, -0.2) is 9.97 Å². The molecule has 1 heterocycles. The molecule has 0 atom stereocenters. The van der Waals surface area contributed by atoms with Gasteiger partial charge in [-0.1, -0.05) is 31.4 Å². The molecule has 0 radical (unpaired) electrons. The molecule has 4 heteroatoms. The molecule has 0 amide bonds. The average Bonchev–Trinajstić information content (AvgIpc) is 2.79. The van der Waals surface area contributed by atoms with Crippen molar-refractivity contribution in [1.82, 2.24) is 9.97 Å². The van der Waals surface area contributed by atoms with Crippen LogP contribution in [0.5, 0.6) is 0 Å². The molecule has 0 saturated heterocycles. The van der Waals surface area contributed by atoms with E-state index in [-0.39, 0.29) is 0 Å². The van der Waals surface area contributed by atoms with Crippen LogP contribution in [0.3, 0.4) is 0 Å². The molecule has 1 aromatic rings. The third-order valence-electron chi connectivity index (χ3n) is 3.31. The van der Waals surface area contributed by atoms with Crippen molar-refractivity contribution in [3.8, 4) is 0 Å². The first kappa shape index (κ1) is 13.2. The SMILES string of the molecule is CCc1c(C)nc(CSC2CCCC2)nc1Cl. The summed E-state index contributed by atoms with van der Waals surface area (Å²) in [5, 5.41) is 1.45. The predicted octanol–water partition coefficient (Wildman–Crippen LogP) is 4.18. The summed E-state index contributed by atoms with van der Waals surface area (Å²) < 4.78 is 0. The Balaban J connectivity index is 2.01. The molecule has 0 aromatic carbocycles. The Bertz CT molecular complexity index is 366. The first-order valence-electron chi connectivity index (χ1n) is 6.34.